The fraction of sp³-hybridized carbons (Fsp3) is 0.182. The fourth-order valence-corrected chi connectivity index (χ4v) is 4.19. The van der Waals surface area contributed by atoms with Gasteiger partial charge in [0.1, 0.15) is 6.04 Å². The highest BCUT2D eigenvalue weighted by Gasteiger charge is 2.36. The van der Waals surface area contributed by atoms with E-state index in [9.17, 15) is 14.4 Å². The molecule has 0 spiro atoms. The third-order valence-electron chi connectivity index (χ3n) is 5.02. The molecule has 3 aromatic rings. The van der Waals surface area contributed by atoms with Crippen molar-refractivity contribution in [2.75, 3.05) is 12.4 Å². The molecule has 4 rings (SSSR count). The Morgan fingerprint density at radius 3 is 2.68 bits per heavy atom. The van der Waals surface area contributed by atoms with Gasteiger partial charge in [-0.2, -0.15) is 0 Å². The number of nitrogens with zero attached hydrogens (tertiary/aromatic N) is 2. The van der Waals surface area contributed by atoms with Gasteiger partial charge in [-0.1, -0.05) is 23.7 Å². The number of esters is 1. The van der Waals surface area contributed by atoms with Gasteiger partial charge >= 0.3 is 5.97 Å². The molecule has 2 heterocycles. The standard InChI is InChI=1S/C22H18ClN3O4S/c1-30-22(29)14-4-2-13(3-5-14)10-26-19(9-16-11-31-12-24-16)20(27)25-18-8-15(23)6-7-17(18)21(26)28/h2-8,11-12,19H,9-10H2,1H3,(H,25,27)/t19-/m0/s1. The van der Waals surface area contributed by atoms with Crippen molar-refractivity contribution in [3.05, 3.63) is 80.8 Å². The number of methoxy groups -OCH3 is 1. The molecule has 2 aromatic carbocycles. The van der Waals surface area contributed by atoms with Crippen LogP contribution in [0.4, 0.5) is 5.69 Å². The largest absolute Gasteiger partial charge is 0.465 e. The van der Waals surface area contributed by atoms with Crippen LogP contribution in [-0.4, -0.2) is 40.8 Å². The predicted molar refractivity (Wildman–Crippen MR) is 117 cm³/mol. The summed E-state index contributed by atoms with van der Waals surface area (Å²) in [6, 6.07) is 10.8. The Kier molecular flexibility index (Phi) is 6.01. The van der Waals surface area contributed by atoms with E-state index in [1.54, 1.807) is 48.0 Å². The lowest BCUT2D eigenvalue weighted by molar-refractivity contribution is -0.120. The van der Waals surface area contributed by atoms with Gasteiger partial charge in [0.2, 0.25) is 5.91 Å². The lowest BCUT2D eigenvalue weighted by atomic mass is 10.1. The molecule has 0 saturated heterocycles. The molecular weight excluding hydrogens is 438 g/mol. The minimum atomic E-state index is -0.763. The van der Waals surface area contributed by atoms with Crippen molar-refractivity contribution in [2.24, 2.45) is 0 Å². The van der Waals surface area contributed by atoms with Gasteiger partial charge in [-0.3, -0.25) is 9.59 Å². The van der Waals surface area contributed by atoms with E-state index in [1.165, 1.54) is 23.3 Å². The zero-order chi connectivity index (χ0) is 22.0. The first kappa shape index (κ1) is 21.0. The lowest BCUT2D eigenvalue weighted by Crippen LogP contribution is -2.46. The van der Waals surface area contributed by atoms with Crippen LogP contribution in [0.5, 0.6) is 0 Å². The first-order valence-corrected chi connectivity index (χ1v) is 10.7. The van der Waals surface area contributed by atoms with Gasteiger partial charge < -0.3 is 15.0 Å². The van der Waals surface area contributed by atoms with E-state index in [4.69, 9.17) is 16.3 Å². The van der Waals surface area contributed by atoms with Crippen molar-refractivity contribution in [2.45, 2.75) is 19.0 Å². The Balaban J connectivity index is 1.70. The zero-order valence-electron chi connectivity index (χ0n) is 16.5. The van der Waals surface area contributed by atoms with Crippen LogP contribution >= 0.6 is 22.9 Å². The normalized spacial score (nSPS) is 15.8. The van der Waals surface area contributed by atoms with E-state index in [0.717, 1.165) is 11.3 Å². The summed E-state index contributed by atoms with van der Waals surface area (Å²) in [6.45, 7) is 0.185. The van der Waals surface area contributed by atoms with Crippen LogP contribution in [0.2, 0.25) is 5.02 Å². The molecule has 158 valence electrons. The minimum absolute atomic E-state index is 0.185. The van der Waals surface area contributed by atoms with Gasteiger partial charge in [-0.05, 0) is 35.9 Å². The molecule has 1 aliphatic heterocycles. The van der Waals surface area contributed by atoms with Crippen molar-refractivity contribution in [3.63, 3.8) is 0 Å². The third kappa shape index (κ3) is 4.45. The number of benzene rings is 2. The van der Waals surface area contributed by atoms with Crippen molar-refractivity contribution in [1.29, 1.82) is 0 Å². The Bertz CT molecular complexity index is 1130. The van der Waals surface area contributed by atoms with Gasteiger partial charge in [0.25, 0.3) is 5.91 Å². The van der Waals surface area contributed by atoms with E-state index in [0.29, 0.717) is 21.8 Å². The monoisotopic (exact) mass is 455 g/mol. The molecule has 1 aliphatic rings. The SMILES string of the molecule is COC(=O)c1ccc(CN2C(=O)c3ccc(Cl)cc3NC(=O)[C@@H]2Cc2cscn2)cc1. The Morgan fingerprint density at radius 1 is 1.23 bits per heavy atom. The van der Waals surface area contributed by atoms with Crippen LogP contribution < -0.4 is 5.32 Å². The van der Waals surface area contributed by atoms with E-state index in [1.807, 2.05) is 5.38 Å². The summed E-state index contributed by atoms with van der Waals surface area (Å²) < 4.78 is 4.73. The van der Waals surface area contributed by atoms with Crippen LogP contribution in [-0.2, 0) is 22.5 Å². The molecule has 0 unspecified atom stereocenters. The molecule has 0 aliphatic carbocycles. The molecule has 1 N–H and O–H groups in total. The number of ether oxygens (including phenoxy) is 1. The third-order valence-corrected chi connectivity index (χ3v) is 5.89. The molecule has 1 atom stereocenters. The summed E-state index contributed by atoms with van der Waals surface area (Å²) in [5, 5.41) is 5.11. The molecule has 31 heavy (non-hydrogen) atoms. The highest BCUT2D eigenvalue weighted by molar-refractivity contribution is 7.07. The first-order valence-electron chi connectivity index (χ1n) is 9.42. The quantitative estimate of drug-likeness (QED) is 0.591. The van der Waals surface area contributed by atoms with Gasteiger partial charge in [0.15, 0.2) is 0 Å². The van der Waals surface area contributed by atoms with Crippen molar-refractivity contribution < 1.29 is 19.1 Å². The van der Waals surface area contributed by atoms with Gasteiger partial charge in [0, 0.05) is 23.4 Å². The summed E-state index contributed by atoms with van der Waals surface area (Å²) in [7, 11) is 1.32. The highest BCUT2D eigenvalue weighted by atomic mass is 35.5. The summed E-state index contributed by atoms with van der Waals surface area (Å²) >= 11 is 7.50. The number of amides is 2. The number of hydrogen-bond donors (Lipinski definition) is 1. The number of halogens is 1. The first-order chi connectivity index (χ1) is 15.0. The molecule has 9 heteroatoms. The van der Waals surface area contributed by atoms with E-state index >= 15 is 0 Å². The highest BCUT2D eigenvalue weighted by Crippen LogP contribution is 2.28. The van der Waals surface area contributed by atoms with Crippen LogP contribution in [0.25, 0.3) is 0 Å². The average molecular weight is 456 g/mol. The molecule has 1 aromatic heterocycles. The van der Waals surface area contributed by atoms with E-state index in [2.05, 4.69) is 10.3 Å². The second-order valence-corrected chi connectivity index (χ2v) is 8.16. The number of hydrogen-bond acceptors (Lipinski definition) is 6. The summed E-state index contributed by atoms with van der Waals surface area (Å²) in [4.78, 5) is 44.1. The van der Waals surface area contributed by atoms with Crippen LogP contribution in [0.15, 0.2) is 53.4 Å². The van der Waals surface area contributed by atoms with Gasteiger partial charge in [-0.25, -0.2) is 9.78 Å². The van der Waals surface area contributed by atoms with Gasteiger partial charge in [-0.15, -0.1) is 11.3 Å². The van der Waals surface area contributed by atoms with Crippen LogP contribution in [0.1, 0.15) is 32.0 Å². The van der Waals surface area contributed by atoms with Crippen molar-refractivity contribution in [1.82, 2.24) is 9.88 Å². The number of rotatable bonds is 5. The fourth-order valence-electron chi connectivity index (χ4n) is 3.44. The maximum absolute atomic E-state index is 13.5. The van der Waals surface area contributed by atoms with Crippen LogP contribution in [0, 0.1) is 0 Å². The summed E-state index contributed by atoms with van der Waals surface area (Å²) in [6.07, 6.45) is 0.281. The molecular formula is C22H18ClN3O4S. The molecule has 0 bridgehead atoms. The summed E-state index contributed by atoms with van der Waals surface area (Å²) in [5.41, 5.74) is 4.35. The second kappa shape index (κ2) is 8.87. The van der Waals surface area contributed by atoms with E-state index in [-0.39, 0.29) is 24.8 Å². The topological polar surface area (TPSA) is 88.6 Å². The Labute approximate surface area is 187 Å². The Morgan fingerprint density at radius 2 is 2.00 bits per heavy atom. The average Bonchev–Trinajstić information content (AvgIpc) is 3.26. The number of nitrogens with one attached hydrogen (secondary N) is 1. The molecule has 2 amide bonds. The minimum Gasteiger partial charge on any atom is -0.465 e. The molecule has 7 nitrogen and oxygen atoms in total. The number of carbonyl (C=O) groups is 3. The van der Waals surface area contributed by atoms with Crippen LogP contribution in [0.3, 0.4) is 0 Å². The number of anilines is 1. The molecule has 0 fully saturated rings. The number of aromatic nitrogens is 1. The van der Waals surface area contributed by atoms with E-state index < -0.39 is 12.0 Å². The molecule has 0 radical (unpaired) electrons. The summed E-state index contributed by atoms with van der Waals surface area (Å²) in [5.74, 6) is -1.04. The predicted octanol–water partition coefficient (Wildman–Crippen LogP) is 3.79. The van der Waals surface area contributed by atoms with Crippen molar-refractivity contribution >= 4 is 46.4 Å². The zero-order valence-corrected chi connectivity index (χ0v) is 18.1. The van der Waals surface area contributed by atoms with Crippen molar-refractivity contribution in [3.8, 4) is 0 Å². The molecule has 0 saturated carbocycles. The maximum atomic E-state index is 13.5. The smallest absolute Gasteiger partial charge is 0.337 e. The number of carbonyl (C=O) groups excluding carboxylic acids is 3. The van der Waals surface area contributed by atoms with Gasteiger partial charge in [0.05, 0.1) is 35.1 Å². The second-order valence-electron chi connectivity index (χ2n) is 7.00. The lowest BCUT2D eigenvalue weighted by Gasteiger charge is -2.28. The number of fused-ring (bicyclic) bond motifs is 1. The number of thiazole rings is 1. The maximum Gasteiger partial charge on any atom is 0.337 e. The Hall–Kier alpha value is -3.23.